The van der Waals surface area contributed by atoms with Crippen molar-refractivity contribution in [2.45, 2.75) is 13.3 Å². The Morgan fingerprint density at radius 2 is 2.11 bits per heavy atom. The summed E-state index contributed by atoms with van der Waals surface area (Å²) in [5, 5.41) is 14.3. The Bertz CT molecular complexity index is 93.2. The first-order chi connectivity index (χ1) is 4.20. The van der Waals surface area contributed by atoms with Gasteiger partial charge in [-0.25, -0.2) is 0 Å². The minimum atomic E-state index is 0.0642. The zero-order valence-corrected chi connectivity index (χ0v) is 6.26. The molecule has 0 radical (unpaired) electrons. The fraction of sp³-hybridized carbons (Fsp3) is 0.833. The normalized spacial score (nSPS) is 11.8. The van der Waals surface area contributed by atoms with Crippen LogP contribution in [0.3, 0.4) is 0 Å². The first-order valence-corrected chi connectivity index (χ1v) is 3.05. The molecule has 3 nitrogen and oxygen atoms in total. The minimum absolute atomic E-state index is 0.0642. The largest absolute Gasteiger partial charge is 0.390 e. The van der Waals surface area contributed by atoms with Crippen LogP contribution < -0.4 is 0 Å². The maximum absolute atomic E-state index is 8.62. The first kappa shape index (κ1) is 8.43. The van der Waals surface area contributed by atoms with Crippen LogP contribution >= 0.6 is 0 Å². The van der Waals surface area contributed by atoms with Crippen molar-refractivity contribution in [2.75, 3.05) is 20.7 Å². The molecule has 9 heavy (non-hydrogen) atoms. The maximum Gasteiger partial charge on any atom is 0.0831 e. The van der Waals surface area contributed by atoms with E-state index in [1.165, 1.54) is 0 Å². The number of hydrogen-bond acceptors (Lipinski definition) is 3. The van der Waals surface area contributed by atoms with E-state index in [1.54, 1.807) is 5.01 Å². The SMILES string of the molecule is CCC(CO)=NN(C)C. The molecule has 1 N–H and O–H groups in total. The van der Waals surface area contributed by atoms with Crippen LogP contribution in [0.1, 0.15) is 13.3 Å². The van der Waals surface area contributed by atoms with Gasteiger partial charge in [-0.1, -0.05) is 6.92 Å². The highest BCUT2D eigenvalue weighted by Crippen LogP contribution is 1.85. The number of aliphatic hydroxyl groups excluding tert-OH is 1. The van der Waals surface area contributed by atoms with Crippen LogP contribution in [0.25, 0.3) is 0 Å². The van der Waals surface area contributed by atoms with Crippen molar-refractivity contribution in [1.29, 1.82) is 0 Å². The molecule has 0 rings (SSSR count). The predicted octanol–water partition coefficient (Wildman–Crippen LogP) is 0.306. The van der Waals surface area contributed by atoms with E-state index in [9.17, 15) is 0 Å². The van der Waals surface area contributed by atoms with Crippen molar-refractivity contribution >= 4 is 5.71 Å². The molecule has 0 amide bonds. The third kappa shape index (κ3) is 3.97. The van der Waals surface area contributed by atoms with Crippen molar-refractivity contribution in [3.63, 3.8) is 0 Å². The van der Waals surface area contributed by atoms with Crippen LogP contribution in [0, 0.1) is 0 Å². The molecular weight excluding hydrogens is 116 g/mol. The Hall–Kier alpha value is -0.570. The van der Waals surface area contributed by atoms with Crippen LogP contribution in [-0.2, 0) is 0 Å². The summed E-state index contributed by atoms with van der Waals surface area (Å²) in [6.07, 6.45) is 0.814. The van der Waals surface area contributed by atoms with Gasteiger partial charge in [0.25, 0.3) is 0 Å². The molecule has 0 bridgehead atoms. The Morgan fingerprint density at radius 3 is 2.22 bits per heavy atom. The van der Waals surface area contributed by atoms with Crippen LogP contribution in [0.2, 0.25) is 0 Å². The molecule has 0 aliphatic carbocycles. The number of hydrazone groups is 1. The molecule has 0 heterocycles. The number of hydrogen-bond donors (Lipinski definition) is 1. The minimum Gasteiger partial charge on any atom is -0.390 e. The van der Waals surface area contributed by atoms with E-state index in [0.29, 0.717) is 0 Å². The van der Waals surface area contributed by atoms with Gasteiger partial charge in [0.1, 0.15) is 0 Å². The van der Waals surface area contributed by atoms with Gasteiger partial charge in [0.05, 0.1) is 12.3 Å². The number of nitrogens with zero attached hydrogens (tertiary/aromatic N) is 2. The van der Waals surface area contributed by atoms with E-state index in [4.69, 9.17) is 5.11 Å². The van der Waals surface area contributed by atoms with E-state index in [2.05, 4.69) is 5.10 Å². The summed E-state index contributed by atoms with van der Waals surface area (Å²) < 4.78 is 0. The molecule has 3 heteroatoms. The molecule has 0 aromatic carbocycles. The first-order valence-electron chi connectivity index (χ1n) is 3.05. The standard InChI is InChI=1S/C6H14N2O/c1-4-6(5-9)7-8(2)3/h9H,4-5H2,1-3H3. The van der Waals surface area contributed by atoms with Gasteiger partial charge in [-0.2, -0.15) is 5.10 Å². The second kappa shape index (κ2) is 4.32. The second-order valence-electron chi connectivity index (χ2n) is 2.03. The summed E-state index contributed by atoms with van der Waals surface area (Å²) in [7, 11) is 3.68. The highest BCUT2D eigenvalue weighted by Gasteiger charge is 1.91. The summed E-state index contributed by atoms with van der Waals surface area (Å²) in [4.78, 5) is 0. The topological polar surface area (TPSA) is 35.8 Å². The van der Waals surface area contributed by atoms with E-state index < -0.39 is 0 Å². The molecular formula is C6H14N2O. The van der Waals surface area contributed by atoms with Crippen LogP contribution in [0.4, 0.5) is 0 Å². The lowest BCUT2D eigenvalue weighted by molar-refractivity contribution is 0.346. The highest BCUT2D eigenvalue weighted by molar-refractivity contribution is 5.84. The summed E-state index contributed by atoms with van der Waals surface area (Å²) >= 11 is 0. The van der Waals surface area contributed by atoms with Gasteiger partial charge in [-0.3, -0.25) is 0 Å². The molecule has 0 aromatic rings. The molecule has 54 valence electrons. The monoisotopic (exact) mass is 130 g/mol. The van der Waals surface area contributed by atoms with Gasteiger partial charge in [0.2, 0.25) is 0 Å². The summed E-state index contributed by atoms with van der Waals surface area (Å²) in [5.41, 5.74) is 0.819. The lowest BCUT2D eigenvalue weighted by Gasteiger charge is -2.06. The van der Waals surface area contributed by atoms with Gasteiger partial charge in [0.15, 0.2) is 0 Å². The van der Waals surface area contributed by atoms with Crippen LogP contribution in [-0.4, -0.2) is 36.5 Å². The van der Waals surface area contributed by atoms with E-state index >= 15 is 0 Å². The van der Waals surface area contributed by atoms with Crippen molar-refractivity contribution in [1.82, 2.24) is 5.01 Å². The molecule has 0 spiro atoms. The average molecular weight is 130 g/mol. The summed E-state index contributed by atoms with van der Waals surface area (Å²) in [5.74, 6) is 0. The fourth-order valence-electron chi connectivity index (χ4n) is 0.497. The summed E-state index contributed by atoms with van der Waals surface area (Å²) in [6, 6.07) is 0. The smallest absolute Gasteiger partial charge is 0.0831 e. The van der Waals surface area contributed by atoms with Crippen molar-refractivity contribution in [2.24, 2.45) is 5.10 Å². The van der Waals surface area contributed by atoms with Gasteiger partial charge in [-0.05, 0) is 6.42 Å². The molecule has 0 fully saturated rings. The molecule has 0 saturated carbocycles. The molecule has 0 atom stereocenters. The van der Waals surface area contributed by atoms with Gasteiger partial charge in [-0.15, -0.1) is 0 Å². The van der Waals surface area contributed by atoms with Gasteiger partial charge in [0, 0.05) is 14.1 Å². The van der Waals surface area contributed by atoms with Crippen molar-refractivity contribution < 1.29 is 5.11 Å². The van der Waals surface area contributed by atoms with E-state index in [1.807, 2.05) is 21.0 Å². The Kier molecular flexibility index (Phi) is 4.05. The van der Waals surface area contributed by atoms with Crippen LogP contribution in [0.15, 0.2) is 5.10 Å². The predicted molar refractivity (Wildman–Crippen MR) is 38.5 cm³/mol. The highest BCUT2D eigenvalue weighted by atomic mass is 16.3. The van der Waals surface area contributed by atoms with Gasteiger partial charge < -0.3 is 10.1 Å². The van der Waals surface area contributed by atoms with E-state index in [0.717, 1.165) is 12.1 Å². The Labute approximate surface area is 56.0 Å². The van der Waals surface area contributed by atoms with E-state index in [-0.39, 0.29) is 6.61 Å². The molecule has 0 aliphatic rings. The lowest BCUT2D eigenvalue weighted by Crippen LogP contribution is -2.11. The van der Waals surface area contributed by atoms with Crippen molar-refractivity contribution in [3.05, 3.63) is 0 Å². The third-order valence-electron chi connectivity index (χ3n) is 0.932. The zero-order valence-electron chi connectivity index (χ0n) is 6.26. The third-order valence-corrected chi connectivity index (χ3v) is 0.932. The molecule has 0 aliphatic heterocycles. The quantitative estimate of drug-likeness (QED) is 0.441. The molecule has 0 aromatic heterocycles. The molecule has 0 saturated heterocycles. The maximum atomic E-state index is 8.62. The lowest BCUT2D eigenvalue weighted by atomic mass is 10.3. The zero-order chi connectivity index (χ0) is 7.28. The molecule has 0 unspecified atom stereocenters. The average Bonchev–Trinajstić information content (AvgIpc) is 1.82. The summed E-state index contributed by atoms with van der Waals surface area (Å²) in [6.45, 7) is 2.03. The Balaban J connectivity index is 3.75. The number of rotatable bonds is 3. The Morgan fingerprint density at radius 1 is 1.56 bits per heavy atom. The second-order valence-corrected chi connectivity index (χ2v) is 2.03. The van der Waals surface area contributed by atoms with Crippen LogP contribution in [0.5, 0.6) is 0 Å². The van der Waals surface area contributed by atoms with Crippen molar-refractivity contribution in [3.8, 4) is 0 Å². The number of aliphatic hydroxyl groups is 1. The van der Waals surface area contributed by atoms with Gasteiger partial charge >= 0.3 is 0 Å². The fourth-order valence-corrected chi connectivity index (χ4v) is 0.497.